The van der Waals surface area contributed by atoms with Crippen LogP contribution in [0.15, 0.2) is 39.8 Å². The van der Waals surface area contributed by atoms with Crippen LogP contribution in [0.2, 0.25) is 5.02 Å². The fourth-order valence-corrected chi connectivity index (χ4v) is 4.63. The van der Waals surface area contributed by atoms with Crippen molar-refractivity contribution in [1.29, 1.82) is 0 Å². The van der Waals surface area contributed by atoms with E-state index < -0.39 is 10.0 Å². The van der Waals surface area contributed by atoms with E-state index in [4.69, 9.17) is 16.1 Å². The van der Waals surface area contributed by atoms with Gasteiger partial charge in [0.1, 0.15) is 5.76 Å². The molecule has 1 aromatic heterocycles. The van der Waals surface area contributed by atoms with Gasteiger partial charge < -0.3 is 9.84 Å². The Morgan fingerprint density at radius 2 is 1.82 bits per heavy atom. The molecule has 0 atom stereocenters. The van der Waals surface area contributed by atoms with E-state index in [0.717, 1.165) is 0 Å². The second-order valence-corrected chi connectivity index (χ2v) is 10.3. The summed E-state index contributed by atoms with van der Waals surface area (Å²) in [6.07, 6.45) is 0.894. The molecular formula is C19H24ClN3O4S. The molecule has 1 aliphatic heterocycles. The molecule has 152 valence electrons. The van der Waals surface area contributed by atoms with Gasteiger partial charge in [-0.25, -0.2) is 8.42 Å². The molecule has 1 saturated heterocycles. The summed E-state index contributed by atoms with van der Waals surface area (Å²) >= 11 is 5.83. The first kappa shape index (κ1) is 20.8. The lowest BCUT2D eigenvalue weighted by Crippen LogP contribution is -2.41. The summed E-state index contributed by atoms with van der Waals surface area (Å²) in [7, 11) is -3.58. The fourth-order valence-electron chi connectivity index (χ4n) is 3.03. The second kappa shape index (κ2) is 7.85. The predicted molar refractivity (Wildman–Crippen MR) is 107 cm³/mol. The fraction of sp³-hybridized carbons (Fsp3) is 0.474. The number of nitrogens with zero attached hydrogens (tertiary/aromatic N) is 2. The van der Waals surface area contributed by atoms with Crippen LogP contribution < -0.4 is 5.32 Å². The Balaban J connectivity index is 1.59. The molecule has 1 fully saturated rings. The highest BCUT2D eigenvalue weighted by molar-refractivity contribution is 7.89. The monoisotopic (exact) mass is 425 g/mol. The summed E-state index contributed by atoms with van der Waals surface area (Å²) in [6.45, 7) is 6.56. The summed E-state index contributed by atoms with van der Waals surface area (Å²) in [5, 5.41) is 7.15. The van der Waals surface area contributed by atoms with E-state index >= 15 is 0 Å². The number of hydrogen-bond donors (Lipinski definition) is 1. The molecular weight excluding hydrogens is 402 g/mol. The molecule has 1 N–H and O–H groups in total. The van der Waals surface area contributed by atoms with Crippen LogP contribution in [0.3, 0.4) is 0 Å². The van der Waals surface area contributed by atoms with Crippen molar-refractivity contribution in [2.24, 2.45) is 5.92 Å². The van der Waals surface area contributed by atoms with Crippen molar-refractivity contribution in [3.8, 4) is 0 Å². The third-order valence-electron chi connectivity index (χ3n) is 4.78. The molecule has 0 saturated carbocycles. The standard InChI is InChI=1S/C19H24ClN3O4S/c1-19(2,3)16-12-17(22-27-16)21-18(24)13-8-10-23(11-9-13)28(25,26)15-6-4-14(20)5-7-15/h4-7,12-13H,8-11H2,1-3H3,(H,21,22,24). The maximum Gasteiger partial charge on any atom is 0.243 e. The molecule has 0 unspecified atom stereocenters. The summed E-state index contributed by atoms with van der Waals surface area (Å²) in [4.78, 5) is 12.7. The zero-order chi connectivity index (χ0) is 20.5. The smallest absolute Gasteiger partial charge is 0.243 e. The summed E-state index contributed by atoms with van der Waals surface area (Å²) in [6, 6.07) is 7.82. The van der Waals surface area contributed by atoms with Crippen molar-refractivity contribution in [2.75, 3.05) is 18.4 Å². The molecule has 0 radical (unpaired) electrons. The molecule has 1 aromatic carbocycles. The van der Waals surface area contributed by atoms with E-state index in [0.29, 0.717) is 29.4 Å². The van der Waals surface area contributed by atoms with Gasteiger partial charge in [0.2, 0.25) is 15.9 Å². The topological polar surface area (TPSA) is 92.5 Å². The minimum absolute atomic E-state index is 0.169. The maximum absolute atomic E-state index is 12.7. The van der Waals surface area contributed by atoms with Gasteiger partial charge in [0, 0.05) is 35.5 Å². The SMILES string of the molecule is CC(C)(C)c1cc(NC(=O)C2CCN(S(=O)(=O)c3ccc(Cl)cc3)CC2)no1. The summed E-state index contributed by atoms with van der Waals surface area (Å²) < 4.78 is 32.1. The lowest BCUT2D eigenvalue weighted by Gasteiger charge is -2.30. The number of amides is 1. The van der Waals surface area contributed by atoms with Gasteiger partial charge in [0.25, 0.3) is 0 Å². The molecule has 1 aliphatic rings. The van der Waals surface area contributed by atoms with Crippen LogP contribution >= 0.6 is 11.6 Å². The van der Waals surface area contributed by atoms with Crippen LogP contribution in [-0.2, 0) is 20.2 Å². The number of aromatic nitrogens is 1. The zero-order valence-corrected chi connectivity index (χ0v) is 17.7. The first-order chi connectivity index (χ1) is 13.1. The van der Waals surface area contributed by atoms with E-state index in [1.165, 1.54) is 16.4 Å². The summed E-state index contributed by atoms with van der Waals surface area (Å²) in [5.74, 6) is 0.626. The third-order valence-corrected chi connectivity index (χ3v) is 6.94. The molecule has 28 heavy (non-hydrogen) atoms. The van der Waals surface area contributed by atoms with Gasteiger partial charge in [0.05, 0.1) is 4.90 Å². The molecule has 1 amide bonds. The Kier molecular flexibility index (Phi) is 5.84. The molecule has 7 nitrogen and oxygen atoms in total. The average Bonchev–Trinajstić information content (AvgIpc) is 3.11. The summed E-state index contributed by atoms with van der Waals surface area (Å²) in [5.41, 5.74) is -0.197. The Morgan fingerprint density at radius 3 is 2.36 bits per heavy atom. The average molecular weight is 426 g/mol. The number of rotatable bonds is 4. The van der Waals surface area contributed by atoms with Crippen molar-refractivity contribution in [3.05, 3.63) is 41.1 Å². The van der Waals surface area contributed by atoms with Gasteiger partial charge in [-0.3, -0.25) is 4.79 Å². The van der Waals surface area contributed by atoms with Crippen molar-refractivity contribution in [2.45, 2.75) is 43.9 Å². The molecule has 9 heteroatoms. The molecule has 0 bridgehead atoms. The van der Waals surface area contributed by atoms with E-state index in [-0.39, 0.29) is 35.2 Å². The number of hydrogen-bond acceptors (Lipinski definition) is 5. The number of benzene rings is 1. The third kappa shape index (κ3) is 4.56. The highest BCUT2D eigenvalue weighted by Crippen LogP contribution is 2.27. The normalized spacial score (nSPS) is 16.9. The van der Waals surface area contributed by atoms with Crippen LogP contribution in [0.1, 0.15) is 39.4 Å². The quantitative estimate of drug-likeness (QED) is 0.806. The highest BCUT2D eigenvalue weighted by atomic mass is 35.5. The number of carbonyl (C=O) groups is 1. The van der Waals surface area contributed by atoms with Crippen LogP contribution in [0.5, 0.6) is 0 Å². The van der Waals surface area contributed by atoms with Crippen molar-refractivity contribution in [3.63, 3.8) is 0 Å². The van der Waals surface area contributed by atoms with Gasteiger partial charge in [-0.2, -0.15) is 4.31 Å². The van der Waals surface area contributed by atoms with Crippen molar-refractivity contribution >= 4 is 33.3 Å². The van der Waals surface area contributed by atoms with Gasteiger partial charge in [-0.05, 0) is 37.1 Å². The first-order valence-electron chi connectivity index (χ1n) is 9.11. The Bertz CT molecular complexity index is 940. The number of piperidine rings is 1. The van der Waals surface area contributed by atoms with Gasteiger partial charge in [-0.1, -0.05) is 37.5 Å². The first-order valence-corrected chi connectivity index (χ1v) is 10.9. The largest absolute Gasteiger partial charge is 0.359 e. The molecule has 2 heterocycles. The highest BCUT2D eigenvalue weighted by Gasteiger charge is 2.32. The number of nitrogens with one attached hydrogen (secondary N) is 1. The van der Waals surface area contributed by atoms with Crippen molar-refractivity contribution < 1.29 is 17.7 Å². The van der Waals surface area contributed by atoms with Crippen molar-refractivity contribution in [1.82, 2.24) is 9.46 Å². The zero-order valence-electron chi connectivity index (χ0n) is 16.1. The second-order valence-electron chi connectivity index (χ2n) is 7.95. The van der Waals surface area contributed by atoms with E-state index in [1.807, 2.05) is 20.8 Å². The van der Waals surface area contributed by atoms with Gasteiger partial charge >= 0.3 is 0 Å². The molecule has 3 rings (SSSR count). The Hall–Kier alpha value is -1.90. The van der Waals surface area contributed by atoms with Gasteiger partial charge in [-0.15, -0.1) is 0 Å². The van der Waals surface area contributed by atoms with E-state index in [1.54, 1.807) is 18.2 Å². The number of sulfonamides is 1. The minimum Gasteiger partial charge on any atom is -0.359 e. The Morgan fingerprint density at radius 1 is 1.21 bits per heavy atom. The maximum atomic E-state index is 12.7. The minimum atomic E-state index is -3.58. The molecule has 0 spiro atoms. The Labute approximate surface area is 170 Å². The van der Waals surface area contributed by atoms with Crippen LogP contribution in [-0.4, -0.2) is 36.9 Å². The van der Waals surface area contributed by atoms with E-state index in [9.17, 15) is 13.2 Å². The van der Waals surface area contributed by atoms with Crippen LogP contribution in [0, 0.1) is 5.92 Å². The van der Waals surface area contributed by atoms with Gasteiger partial charge in [0.15, 0.2) is 5.82 Å². The molecule has 0 aliphatic carbocycles. The number of carbonyl (C=O) groups excluding carboxylic acids is 1. The lowest BCUT2D eigenvalue weighted by atomic mass is 9.93. The van der Waals surface area contributed by atoms with Crippen LogP contribution in [0.4, 0.5) is 5.82 Å². The van der Waals surface area contributed by atoms with Crippen LogP contribution in [0.25, 0.3) is 0 Å². The predicted octanol–water partition coefficient (Wildman–Crippen LogP) is 3.66. The number of halogens is 1. The van der Waals surface area contributed by atoms with E-state index in [2.05, 4.69) is 10.5 Å². The molecule has 2 aromatic rings. The number of anilines is 1. The lowest BCUT2D eigenvalue weighted by molar-refractivity contribution is -0.120.